The quantitative estimate of drug-likeness (QED) is 0.912. The maximum Gasteiger partial charge on any atom is 0.328 e. The summed E-state index contributed by atoms with van der Waals surface area (Å²) in [6.07, 6.45) is 0.136. The zero-order valence-electron chi connectivity index (χ0n) is 11.1. The third-order valence-corrected chi connectivity index (χ3v) is 4.20. The van der Waals surface area contributed by atoms with E-state index in [1.165, 1.54) is 25.2 Å². The number of nitrogens with one attached hydrogen (secondary N) is 1. The van der Waals surface area contributed by atoms with Crippen LogP contribution in [0.5, 0.6) is 0 Å². The summed E-state index contributed by atoms with van der Waals surface area (Å²) in [5.74, 6) is -1.39. The lowest BCUT2D eigenvalue weighted by Gasteiger charge is -2.20. The highest BCUT2D eigenvalue weighted by Gasteiger charge is 2.28. The Labute approximate surface area is 125 Å². The van der Waals surface area contributed by atoms with Gasteiger partial charge in [0.15, 0.2) is 0 Å². The Balaban J connectivity index is 2.18. The summed E-state index contributed by atoms with van der Waals surface area (Å²) < 4.78 is 1.05. The number of fused-ring (bicyclic) bond motifs is 1. The molecule has 1 amide bonds. The van der Waals surface area contributed by atoms with Gasteiger partial charge >= 0.3 is 5.97 Å². The number of halogens is 1. The Morgan fingerprint density at radius 1 is 1.40 bits per heavy atom. The monoisotopic (exact) mass is 311 g/mol. The summed E-state index contributed by atoms with van der Waals surface area (Å²) in [7, 11) is 0. The minimum absolute atomic E-state index is 0.136. The van der Waals surface area contributed by atoms with Gasteiger partial charge in [0, 0.05) is 9.72 Å². The van der Waals surface area contributed by atoms with Crippen LogP contribution >= 0.6 is 22.9 Å². The molecule has 0 aliphatic heterocycles. The highest BCUT2D eigenvalue weighted by Crippen LogP contribution is 2.29. The van der Waals surface area contributed by atoms with Crippen molar-refractivity contribution >= 4 is 44.9 Å². The predicted octanol–water partition coefficient (Wildman–Crippen LogP) is 3.08. The number of hydrogen-bond donors (Lipinski definition) is 2. The van der Waals surface area contributed by atoms with Crippen molar-refractivity contribution in [1.82, 2.24) is 5.32 Å². The zero-order chi connectivity index (χ0) is 14.9. The molecular formula is C14H14ClNO3S. The first-order valence-corrected chi connectivity index (χ1v) is 7.25. The molecule has 0 saturated carbocycles. The van der Waals surface area contributed by atoms with Gasteiger partial charge in [0.25, 0.3) is 0 Å². The molecule has 0 radical (unpaired) electrons. The summed E-state index contributed by atoms with van der Waals surface area (Å²) >= 11 is 7.49. The average molecular weight is 312 g/mol. The number of carbonyl (C=O) groups excluding carboxylic acids is 1. The Hall–Kier alpha value is -1.59. The van der Waals surface area contributed by atoms with Gasteiger partial charge in [-0.15, -0.1) is 11.3 Å². The van der Waals surface area contributed by atoms with Crippen LogP contribution in [0.25, 0.3) is 10.1 Å². The number of benzene rings is 1. The smallest absolute Gasteiger partial charge is 0.328 e. The molecule has 0 aliphatic carbocycles. The number of carbonyl (C=O) groups is 2. The molecule has 2 rings (SSSR count). The minimum Gasteiger partial charge on any atom is -0.480 e. The van der Waals surface area contributed by atoms with E-state index in [2.05, 4.69) is 5.32 Å². The summed E-state index contributed by atoms with van der Waals surface area (Å²) in [5.41, 5.74) is -0.424. The number of carboxylic acids is 1. The summed E-state index contributed by atoms with van der Waals surface area (Å²) in [5, 5.41) is 14.9. The molecule has 0 unspecified atom stereocenters. The summed E-state index contributed by atoms with van der Waals surface area (Å²) in [4.78, 5) is 22.9. The lowest BCUT2D eigenvalue weighted by Crippen LogP contribution is -2.50. The van der Waals surface area contributed by atoms with E-state index < -0.39 is 11.5 Å². The number of hydrogen-bond acceptors (Lipinski definition) is 3. The van der Waals surface area contributed by atoms with E-state index >= 15 is 0 Å². The van der Waals surface area contributed by atoms with E-state index in [1.807, 2.05) is 17.5 Å². The number of rotatable bonds is 4. The Morgan fingerprint density at radius 3 is 2.75 bits per heavy atom. The normalized spacial score (nSPS) is 11.6. The summed E-state index contributed by atoms with van der Waals surface area (Å²) in [6.45, 7) is 2.91. The third-order valence-electron chi connectivity index (χ3n) is 2.95. The molecular weight excluding hydrogens is 298 g/mol. The van der Waals surface area contributed by atoms with Crippen molar-refractivity contribution in [3.05, 3.63) is 34.2 Å². The van der Waals surface area contributed by atoms with Crippen LogP contribution in [0.1, 0.15) is 19.4 Å². The second kappa shape index (κ2) is 5.42. The third kappa shape index (κ3) is 3.11. The topological polar surface area (TPSA) is 66.4 Å². The molecule has 0 fully saturated rings. The van der Waals surface area contributed by atoms with Gasteiger partial charge in [0.2, 0.25) is 5.91 Å². The van der Waals surface area contributed by atoms with Crippen molar-refractivity contribution in [2.24, 2.45) is 0 Å². The minimum atomic E-state index is -1.28. The highest BCUT2D eigenvalue weighted by atomic mass is 35.5. The van der Waals surface area contributed by atoms with E-state index in [4.69, 9.17) is 16.7 Å². The van der Waals surface area contributed by atoms with Gasteiger partial charge in [0.1, 0.15) is 5.54 Å². The van der Waals surface area contributed by atoms with Crippen LogP contribution in [0.4, 0.5) is 0 Å². The van der Waals surface area contributed by atoms with Gasteiger partial charge < -0.3 is 10.4 Å². The molecule has 106 valence electrons. The van der Waals surface area contributed by atoms with Crippen LogP contribution in [0.3, 0.4) is 0 Å². The fourth-order valence-corrected chi connectivity index (χ4v) is 2.93. The van der Waals surface area contributed by atoms with Crippen molar-refractivity contribution in [1.29, 1.82) is 0 Å². The first-order chi connectivity index (χ1) is 9.29. The van der Waals surface area contributed by atoms with Crippen molar-refractivity contribution in [2.75, 3.05) is 0 Å². The lowest BCUT2D eigenvalue weighted by molar-refractivity contribution is -0.145. The molecule has 4 nitrogen and oxygen atoms in total. The largest absolute Gasteiger partial charge is 0.480 e. The SMILES string of the molecule is CC(C)(NC(=O)Cc1csc2ccc(Cl)cc12)C(=O)O. The van der Waals surface area contributed by atoms with Gasteiger partial charge in [-0.25, -0.2) is 4.79 Å². The first-order valence-electron chi connectivity index (χ1n) is 5.99. The van der Waals surface area contributed by atoms with E-state index in [9.17, 15) is 9.59 Å². The standard InChI is InChI=1S/C14H14ClNO3S/c1-14(2,13(18)19)16-12(17)5-8-7-20-11-4-3-9(15)6-10(8)11/h3-4,6-7H,5H2,1-2H3,(H,16,17)(H,18,19). The number of thiophene rings is 1. The van der Waals surface area contributed by atoms with Crippen LogP contribution in [0.2, 0.25) is 5.02 Å². The van der Waals surface area contributed by atoms with Crippen LogP contribution in [-0.4, -0.2) is 22.5 Å². The van der Waals surface area contributed by atoms with Gasteiger partial charge in [-0.2, -0.15) is 0 Å². The second-order valence-corrected chi connectivity index (χ2v) is 6.40. The number of carboxylic acid groups (broad SMARTS) is 1. The first kappa shape index (κ1) is 14.8. The number of aliphatic carboxylic acids is 1. The Morgan fingerprint density at radius 2 is 2.10 bits per heavy atom. The van der Waals surface area contributed by atoms with Crippen molar-refractivity contribution in [3.63, 3.8) is 0 Å². The van der Waals surface area contributed by atoms with E-state index in [-0.39, 0.29) is 12.3 Å². The maximum atomic E-state index is 12.0. The van der Waals surface area contributed by atoms with Gasteiger partial charge in [0.05, 0.1) is 6.42 Å². The lowest BCUT2D eigenvalue weighted by atomic mass is 10.0. The van der Waals surface area contributed by atoms with Gasteiger partial charge in [-0.1, -0.05) is 11.6 Å². The van der Waals surface area contributed by atoms with E-state index in [1.54, 1.807) is 6.07 Å². The highest BCUT2D eigenvalue weighted by molar-refractivity contribution is 7.17. The molecule has 1 heterocycles. The fourth-order valence-electron chi connectivity index (χ4n) is 1.81. The van der Waals surface area contributed by atoms with Crippen LogP contribution in [-0.2, 0) is 16.0 Å². The second-order valence-electron chi connectivity index (χ2n) is 5.06. The fraction of sp³-hybridized carbons (Fsp3) is 0.286. The summed E-state index contributed by atoms with van der Waals surface area (Å²) in [6, 6.07) is 5.53. The van der Waals surface area contributed by atoms with E-state index in [0.717, 1.165) is 15.6 Å². The molecule has 0 spiro atoms. The van der Waals surface area contributed by atoms with Crippen LogP contribution in [0, 0.1) is 0 Å². The van der Waals surface area contributed by atoms with Gasteiger partial charge in [-0.3, -0.25) is 4.79 Å². The zero-order valence-corrected chi connectivity index (χ0v) is 12.6. The molecule has 2 N–H and O–H groups in total. The van der Waals surface area contributed by atoms with Crippen LogP contribution in [0.15, 0.2) is 23.6 Å². The molecule has 0 atom stereocenters. The molecule has 1 aromatic carbocycles. The van der Waals surface area contributed by atoms with Gasteiger partial charge in [-0.05, 0) is 48.4 Å². The molecule has 20 heavy (non-hydrogen) atoms. The number of amides is 1. The molecule has 6 heteroatoms. The van der Waals surface area contributed by atoms with Crippen molar-refractivity contribution < 1.29 is 14.7 Å². The molecule has 2 aromatic rings. The van der Waals surface area contributed by atoms with Crippen molar-refractivity contribution in [3.8, 4) is 0 Å². The van der Waals surface area contributed by atoms with Crippen LogP contribution < -0.4 is 5.32 Å². The van der Waals surface area contributed by atoms with Crippen molar-refractivity contribution in [2.45, 2.75) is 25.8 Å². The average Bonchev–Trinajstić information content (AvgIpc) is 2.71. The molecule has 0 aliphatic rings. The maximum absolute atomic E-state index is 12.0. The molecule has 1 aromatic heterocycles. The van der Waals surface area contributed by atoms with E-state index in [0.29, 0.717) is 5.02 Å². The Kier molecular flexibility index (Phi) is 4.01. The Bertz CT molecular complexity index is 678. The molecule has 0 saturated heterocycles. The predicted molar refractivity (Wildman–Crippen MR) is 80.4 cm³/mol. The molecule has 0 bridgehead atoms.